The fourth-order valence-corrected chi connectivity index (χ4v) is 1.98. The summed E-state index contributed by atoms with van der Waals surface area (Å²) in [4.78, 5) is 10.6. The molecule has 18 heavy (non-hydrogen) atoms. The molecule has 1 heterocycles. The average molecular weight is 312 g/mol. The van der Waals surface area contributed by atoms with Gasteiger partial charge in [0.25, 0.3) is 0 Å². The molecule has 0 fully saturated rings. The molecule has 0 amide bonds. The maximum Gasteiger partial charge on any atom is 0.224 e. The summed E-state index contributed by atoms with van der Waals surface area (Å²) in [6.07, 6.45) is 2.75. The zero-order valence-electron chi connectivity index (χ0n) is 10.9. The highest BCUT2D eigenvalue weighted by Crippen LogP contribution is 2.23. The molecule has 0 radical (unpaired) electrons. The second kappa shape index (κ2) is 7.17. The van der Waals surface area contributed by atoms with E-state index in [2.05, 4.69) is 44.2 Å². The zero-order chi connectivity index (χ0) is 13.5. The number of nitrogens with zero attached hydrogens (tertiary/aromatic N) is 4. The number of aromatic nitrogens is 2. The molecule has 1 atom stereocenters. The van der Waals surface area contributed by atoms with Gasteiger partial charge in [-0.2, -0.15) is 10.2 Å². The van der Waals surface area contributed by atoms with Crippen molar-refractivity contribution in [2.75, 3.05) is 30.4 Å². The molecule has 0 spiro atoms. The van der Waals surface area contributed by atoms with Crippen LogP contribution in [-0.4, -0.2) is 30.1 Å². The van der Waals surface area contributed by atoms with Crippen molar-refractivity contribution in [1.82, 2.24) is 9.97 Å². The molecule has 0 aromatic carbocycles. The quantitative estimate of drug-likeness (QED) is 0.875. The normalized spacial score (nSPS) is 11.7. The molecular formula is C12H18BrN5. The maximum atomic E-state index is 8.84. The van der Waals surface area contributed by atoms with Crippen LogP contribution in [0.4, 0.5) is 11.8 Å². The lowest BCUT2D eigenvalue weighted by Crippen LogP contribution is -2.25. The van der Waals surface area contributed by atoms with Crippen molar-refractivity contribution in [3.8, 4) is 6.07 Å². The molecule has 0 aliphatic heterocycles. The smallest absolute Gasteiger partial charge is 0.224 e. The van der Waals surface area contributed by atoms with Gasteiger partial charge < -0.3 is 10.2 Å². The van der Waals surface area contributed by atoms with Crippen LogP contribution < -0.4 is 10.2 Å². The van der Waals surface area contributed by atoms with E-state index in [1.807, 2.05) is 18.9 Å². The number of hydrogen-bond donors (Lipinski definition) is 1. The monoisotopic (exact) mass is 311 g/mol. The number of halogens is 1. The number of anilines is 2. The Morgan fingerprint density at radius 2 is 2.33 bits per heavy atom. The molecule has 0 bridgehead atoms. The first-order valence-corrected chi connectivity index (χ1v) is 6.75. The van der Waals surface area contributed by atoms with Crippen LogP contribution in [0, 0.1) is 17.2 Å². The molecule has 0 saturated carbocycles. The summed E-state index contributed by atoms with van der Waals surface area (Å²) in [6, 6.07) is 2.22. The molecule has 5 nitrogen and oxygen atoms in total. The number of hydrogen-bond acceptors (Lipinski definition) is 5. The summed E-state index contributed by atoms with van der Waals surface area (Å²) < 4.78 is 0.831. The van der Waals surface area contributed by atoms with Crippen LogP contribution in [0.2, 0.25) is 0 Å². The largest absolute Gasteiger partial charge is 0.357 e. The highest BCUT2D eigenvalue weighted by atomic mass is 79.9. The van der Waals surface area contributed by atoms with E-state index in [1.165, 1.54) is 0 Å². The predicted molar refractivity (Wildman–Crippen MR) is 76.6 cm³/mol. The van der Waals surface area contributed by atoms with Crippen LogP contribution in [0.5, 0.6) is 0 Å². The Morgan fingerprint density at radius 3 is 2.94 bits per heavy atom. The average Bonchev–Trinajstić information content (AvgIpc) is 2.37. The molecule has 0 saturated heterocycles. The fraction of sp³-hybridized carbons (Fsp3) is 0.583. The minimum absolute atomic E-state index is 0.0380. The van der Waals surface area contributed by atoms with E-state index in [4.69, 9.17) is 5.26 Å². The Hall–Kier alpha value is -1.35. The lowest BCUT2D eigenvalue weighted by atomic mass is 10.2. The van der Waals surface area contributed by atoms with E-state index in [-0.39, 0.29) is 5.92 Å². The van der Waals surface area contributed by atoms with Gasteiger partial charge in [-0.1, -0.05) is 6.92 Å². The second-order valence-corrected chi connectivity index (χ2v) is 5.06. The van der Waals surface area contributed by atoms with Gasteiger partial charge in [0.2, 0.25) is 5.95 Å². The molecule has 6 heteroatoms. The third-order valence-electron chi connectivity index (χ3n) is 2.39. The Labute approximate surface area is 116 Å². The molecule has 1 unspecified atom stereocenters. The topological polar surface area (TPSA) is 64.8 Å². The lowest BCUT2D eigenvalue weighted by Gasteiger charge is -2.20. The van der Waals surface area contributed by atoms with Gasteiger partial charge >= 0.3 is 0 Å². The summed E-state index contributed by atoms with van der Waals surface area (Å²) in [5, 5.41) is 12.0. The van der Waals surface area contributed by atoms with Crippen molar-refractivity contribution in [2.45, 2.75) is 20.3 Å². The van der Waals surface area contributed by atoms with Crippen molar-refractivity contribution in [1.29, 1.82) is 5.26 Å². The van der Waals surface area contributed by atoms with Crippen molar-refractivity contribution < 1.29 is 0 Å². The van der Waals surface area contributed by atoms with Crippen LogP contribution in [0.3, 0.4) is 0 Å². The summed E-state index contributed by atoms with van der Waals surface area (Å²) >= 11 is 3.43. The van der Waals surface area contributed by atoms with Crippen LogP contribution >= 0.6 is 15.9 Å². The number of nitriles is 1. The Morgan fingerprint density at radius 1 is 1.61 bits per heavy atom. The SMILES string of the molecule is CCCNc1ncc(Br)c(N(C)CC(C)C#N)n1. The van der Waals surface area contributed by atoms with Gasteiger partial charge in [-0.05, 0) is 29.3 Å². The van der Waals surface area contributed by atoms with Gasteiger partial charge in [0.15, 0.2) is 0 Å². The third-order valence-corrected chi connectivity index (χ3v) is 2.95. The van der Waals surface area contributed by atoms with Gasteiger partial charge in [-0.3, -0.25) is 0 Å². The van der Waals surface area contributed by atoms with Gasteiger partial charge in [0.1, 0.15) is 5.82 Å². The van der Waals surface area contributed by atoms with Gasteiger partial charge in [-0.15, -0.1) is 0 Å². The highest BCUT2D eigenvalue weighted by Gasteiger charge is 2.12. The summed E-state index contributed by atoms with van der Waals surface area (Å²) in [5.74, 6) is 1.38. The van der Waals surface area contributed by atoms with Crippen LogP contribution in [0.1, 0.15) is 20.3 Å². The van der Waals surface area contributed by atoms with Gasteiger partial charge in [0, 0.05) is 26.3 Å². The molecule has 98 valence electrons. The zero-order valence-corrected chi connectivity index (χ0v) is 12.5. The Bertz CT molecular complexity index is 429. The molecule has 1 aromatic heterocycles. The third kappa shape index (κ3) is 4.15. The second-order valence-electron chi connectivity index (χ2n) is 4.20. The van der Waals surface area contributed by atoms with Crippen molar-refractivity contribution in [3.63, 3.8) is 0 Å². The molecular weight excluding hydrogens is 294 g/mol. The predicted octanol–water partition coefficient (Wildman–Crippen LogP) is 2.66. The van der Waals surface area contributed by atoms with Crippen molar-refractivity contribution in [2.24, 2.45) is 5.92 Å². The van der Waals surface area contributed by atoms with E-state index in [1.54, 1.807) is 6.20 Å². The molecule has 1 N–H and O–H groups in total. The van der Waals surface area contributed by atoms with Crippen molar-refractivity contribution in [3.05, 3.63) is 10.7 Å². The maximum absolute atomic E-state index is 8.84. The summed E-state index contributed by atoms with van der Waals surface area (Å²) in [5.41, 5.74) is 0. The van der Waals surface area contributed by atoms with Crippen LogP contribution in [0.15, 0.2) is 10.7 Å². The highest BCUT2D eigenvalue weighted by molar-refractivity contribution is 9.10. The molecule has 0 aliphatic carbocycles. The first-order chi connectivity index (χ1) is 8.58. The molecule has 1 rings (SSSR count). The fourth-order valence-electron chi connectivity index (χ4n) is 1.49. The Kier molecular flexibility index (Phi) is 5.86. The van der Waals surface area contributed by atoms with Crippen LogP contribution in [-0.2, 0) is 0 Å². The van der Waals surface area contributed by atoms with E-state index in [0.717, 1.165) is 23.3 Å². The summed E-state index contributed by atoms with van der Waals surface area (Å²) in [7, 11) is 1.92. The lowest BCUT2D eigenvalue weighted by molar-refractivity contribution is 0.708. The first kappa shape index (κ1) is 14.7. The Balaban J connectivity index is 2.83. The van der Waals surface area contributed by atoms with Crippen LogP contribution in [0.25, 0.3) is 0 Å². The minimum atomic E-state index is -0.0380. The van der Waals surface area contributed by atoms with E-state index in [0.29, 0.717) is 12.5 Å². The summed E-state index contributed by atoms with van der Waals surface area (Å²) in [6.45, 7) is 5.47. The molecule has 0 aliphatic rings. The van der Waals surface area contributed by atoms with Gasteiger partial charge in [-0.25, -0.2) is 4.98 Å². The number of nitrogens with one attached hydrogen (secondary N) is 1. The number of rotatable bonds is 6. The van der Waals surface area contributed by atoms with E-state index in [9.17, 15) is 0 Å². The first-order valence-electron chi connectivity index (χ1n) is 5.95. The van der Waals surface area contributed by atoms with Crippen molar-refractivity contribution >= 4 is 27.7 Å². The minimum Gasteiger partial charge on any atom is -0.357 e. The van der Waals surface area contributed by atoms with Gasteiger partial charge in [0.05, 0.1) is 16.5 Å². The van der Waals surface area contributed by atoms with E-state index < -0.39 is 0 Å². The standard InChI is InChI=1S/C12H18BrN5/c1-4-5-15-12-16-7-10(13)11(17-12)18(3)8-9(2)6-14/h7,9H,4-5,8H2,1-3H3,(H,15,16,17). The van der Waals surface area contributed by atoms with E-state index >= 15 is 0 Å². The molecule has 1 aromatic rings.